The van der Waals surface area contributed by atoms with Gasteiger partial charge in [0.25, 0.3) is 0 Å². The Kier molecular flexibility index (Phi) is 4.16. The van der Waals surface area contributed by atoms with Crippen molar-refractivity contribution < 1.29 is 34.2 Å². The van der Waals surface area contributed by atoms with Gasteiger partial charge >= 0.3 is 156 Å². The zero-order chi connectivity index (χ0) is 16.1. The monoisotopic (exact) mass is 466 g/mol. The third-order valence-electron chi connectivity index (χ3n) is 4.97. The Balaban J connectivity index is 1.50. The fourth-order valence-electron chi connectivity index (χ4n) is 3.87. The van der Waals surface area contributed by atoms with Crippen LogP contribution in [0, 0.1) is 0 Å². The van der Waals surface area contributed by atoms with Crippen molar-refractivity contribution in [2.24, 2.45) is 0 Å². The first kappa shape index (κ1) is 15.7. The summed E-state index contributed by atoms with van der Waals surface area (Å²) in [5, 5.41) is 0.254. The minimum atomic E-state index is -0.410. The van der Waals surface area contributed by atoms with Crippen LogP contribution in [-0.4, -0.2) is 70.2 Å². The van der Waals surface area contributed by atoms with E-state index in [1.165, 1.54) is 0 Å². The predicted octanol–water partition coefficient (Wildman–Crippen LogP) is -2.54. The Morgan fingerprint density at radius 2 is 1.50 bits per heavy atom. The van der Waals surface area contributed by atoms with E-state index >= 15 is 0 Å². The number of ether oxygens (including phenoxy) is 2. The number of morpholine rings is 2. The van der Waals surface area contributed by atoms with Gasteiger partial charge in [0.2, 0.25) is 0 Å². The maximum absolute atomic E-state index is 6.26. The molecule has 0 radical (unpaired) electrons. The average Bonchev–Trinajstić information content (AvgIpc) is 2.82. The molecule has 4 aliphatic rings. The first-order chi connectivity index (χ1) is 11.8. The molecule has 4 aliphatic heterocycles. The molecule has 10 heteroatoms. The molecule has 0 aliphatic carbocycles. The first-order valence-electron chi connectivity index (χ1n) is 8.18. The van der Waals surface area contributed by atoms with Crippen LogP contribution in [0.2, 0.25) is 5.28 Å². The SMILES string of the molecule is Clc1nc(N2C3CCC2COC3)nc(N2C3COCC2[I-]OC3)n1. The number of hydrogen-bond acceptors (Lipinski definition) is 8. The van der Waals surface area contributed by atoms with Crippen LogP contribution in [0.3, 0.4) is 0 Å². The summed E-state index contributed by atoms with van der Waals surface area (Å²) < 4.78 is 17.4. The number of halogens is 2. The number of nitrogens with zero attached hydrogens (tertiary/aromatic N) is 5. The van der Waals surface area contributed by atoms with Gasteiger partial charge in [-0.15, -0.1) is 0 Å². The van der Waals surface area contributed by atoms with E-state index in [1.807, 2.05) is 0 Å². The van der Waals surface area contributed by atoms with Crippen LogP contribution in [0.5, 0.6) is 0 Å². The Morgan fingerprint density at radius 1 is 0.833 bits per heavy atom. The van der Waals surface area contributed by atoms with Gasteiger partial charge in [0, 0.05) is 0 Å². The van der Waals surface area contributed by atoms with Crippen LogP contribution >= 0.6 is 11.6 Å². The van der Waals surface area contributed by atoms with E-state index in [0.717, 1.165) is 26.1 Å². The average molecular weight is 467 g/mol. The summed E-state index contributed by atoms with van der Waals surface area (Å²) >= 11 is 5.85. The van der Waals surface area contributed by atoms with Crippen molar-refractivity contribution in [3.05, 3.63) is 5.28 Å². The molecule has 24 heavy (non-hydrogen) atoms. The van der Waals surface area contributed by atoms with E-state index in [0.29, 0.717) is 43.8 Å². The van der Waals surface area contributed by atoms with Gasteiger partial charge in [0.05, 0.1) is 0 Å². The van der Waals surface area contributed by atoms with Gasteiger partial charge in [-0.25, -0.2) is 0 Å². The molecule has 0 N–H and O–H groups in total. The fraction of sp³-hybridized carbons (Fsp3) is 0.786. The van der Waals surface area contributed by atoms with Gasteiger partial charge < -0.3 is 0 Å². The first-order valence-corrected chi connectivity index (χ1v) is 10.7. The Bertz CT molecular complexity index is 602. The van der Waals surface area contributed by atoms with Gasteiger partial charge in [-0.3, -0.25) is 0 Å². The van der Waals surface area contributed by atoms with Crippen LogP contribution in [0.25, 0.3) is 0 Å². The van der Waals surface area contributed by atoms with Crippen LogP contribution in [0.4, 0.5) is 11.9 Å². The normalized spacial score (nSPS) is 35.7. The van der Waals surface area contributed by atoms with E-state index in [4.69, 9.17) is 29.1 Å². The molecule has 4 bridgehead atoms. The molecule has 4 atom stereocenters. The van der Waals surface area contributed by atoms with Crippen LogP contribution in [-0.2, 0) is 12.5 Å². The van der Waals surface area contributed by atoms with E-state index in [9.17, 15) is 0 Å². The van der Waals surface area contributed by atoms with Crippen molar-refractivity contribution >= 4 is 23.5 Å². The second kappa shape index (κ2) is 6.35. The predicted molar refractivity (Wildman–Crippen MR) is 81.8 cm³/mol. The molecular formula is C14H18ClIN5O3-. The van der Waals surface area contributed by atoms with E-state index < -0.39 is 21.6 Å². The van der Waals surface area contributed by atoms with Crippen molar-refractivity contribution in [2.75, 3.05) is 42.8 Å². The van der Waals surface area contributed by atoms with Crippen LogP contribution in [0.1, 0.15) is 12.8 Å². The van der Waals surface area contributed by atoms with E-state index in [1.54, 1.807) is 0 Å². The van der Waals surface area contributed by atoms with Crippen molar-refractivity contribution in [2.45, 2.75) is 35.0 Å². The Morgan fingerprint density at radius 3 is 2.25 bits per heavy atom. The van der Waals surface area contributed by atoms with Gasteiger partial charge in [0.1, 0.15) is 0 Å². The molecule has 5 heterocycles. The van der Waals surface area contributed by atoms with Crippen molar-refractivity contribution in [3.63, 3.8) is 0 Å². The molecule has 0 spiro atoms. The Labute approximate surface area is 155 Å². The molecule has 4 unspecified atom stereocenters. The van der Waals surface area contributed by atoms with Crippen molar-refractivity contribution in [1.82, 2.24) is 15.0 Å². The van der Waals surface area contributed by atoms with E-state index in [-0.39, 0.29) is 15.4 Å². The quantitative estimate of drug-likeness (QED) is 0.268. The summed E-state index contributed by atoms with van der Waals surface area (Å²) in [6, 6.07) is 0.843. The zero-order valence-corrected chi connectivity index (χ0v) is 15.9. The standard InChI is InChI=1S/C14H18ClIN5O3/c15-12-17-13(20-8-1-2-9(20)4-22-3-8)19-14(18-12)21-10-5-23-7-11(21)16-24-6-10/h8-11H,1-7H2/q-1. The molecule has 1 aromatic heterocycles. The second-order valence-corrected chi connectivity index (χ2v) is 9.34. The van der Waals surface area contributed by atoms with Gasteiger partial charge in [-0.1, -0.05) is 0 Å². The Hall–Kier alpha value is -0.490. The third-order valence-corrected chi connectivity index (χ3v) is 7.40. The second-order valence-electron chi connectivity index (χ2n) is 6.43. The van der Waals surface area contributed by atoms with Crippen molar-refractivity contribution in [3.8, 4) is 0 Å². The van der Waals surface area contributed by atoms with E-state index in [2.05, 4.69) is 19.8 Å². The molecule has 5 rings (SSSR count). The number of aromatic nitrogens is 3. The molecule has 0 saturated carbocycles. The molecule has 4 fully saturated rings. The van der Waals surface area contributed by atoms with Gasteiger partial charge in [-0.05, 0) is 0 Å². The molecule has 0 aromatic carbocycles. The molecule has 0 amide bonds. The third kappa shape index (κ3) is 2.64. The number of rotatable bonds is 2. The molecule has 1 aromatic rings. The van der Waals surface area contributed by atoms with Gasteiger partial charge in [-0.2, -0.15) is 0 Å². The molecule has 4 saturated heterocycles. The fourth-order valence-corrected chi connectivity index (χ4v) is 6.41. The zero-order valence-electron chi connectivity index (χ0n) is 13.0. The minimum absolute atomic E-state index is 0.157. The summed E-state index contributed by atoms with van der Waals surface area (Å²) in [7, 11) is 0. The number of anilines is 2. The maximum atomic E-state index is 6.26. The van der Waals surface area contributed by atoms with Crippen molar-refractivity contribution in [1.29, 1.82) is 0 Å². The van der Waals surface area contributed by atoms with Crippen LogP contribution < -0.4 is 31.4 Å². The molecular weight excluding hydrogens is 449 g/mol. The number of alkyl halides is 1. The summed E-state index contributed by atoms with van der Waals surface area (Å²) in [5.74, 6) is 1.35. The number of hydrogen-bond donors (Lipinski definition) is 0. The van der Waals surface area contributed by atoms with Gasteiger partial charge in [0.15, 0.2) is 0 Å². The summed E-state index contributed by atoms with van der Waals surface area (Å²) in [4.78, 5) is 18.2. The summed E-state index contributed by atoms with van der Waals surface area (Å²) in [6.45, 7) is 3.45. The number of fused-ring (bicyclic) bond motifs is 4. The molecule has 8 nitrogen and oxygen atoms in total. The van der Waals surface area contributed by atoms with Crippen LogP contribution in [0.15, 0.2) is 0 Å². The summed E-state index contributed by atoms with van der Waals surface area (Å²) in [5.41, 5.74) is 0. The molecule has 132 valence electrons. The topological polar surface area (TPSA) is 72.8 Å². The summed E-state index contributed by atoms with van der Waals surface area (Å²) in [6.07, 6.45) is 2.23.